The zero-order chi connectivity index (χ0) is 11.8. The number of para-hydroxylation sites is 1. The normalized spacial score (nSPS) is 10.9. The zero-order valence-electron chi connectivity index (χ0n) is 8.65. The first-order valence-corrected chi connectivity index (χ1v) is 5.43. The Morgan fingerprint density at radius 3 is 2.65 bits per heavy atom. The van der Waals surface area contributed by atoms with Gasteiger partial charge in [0.25, 0.3) is 0 Å². The molecule has 0 saturated carbocycles. The van der Waals surface area contributed by atoms with Crippen molar-refractivity contribution in [3.8, 4) is 11.5 Å². The van der Waals surface area contributed by atoms with Crippen LogP contribution < -0.4 is 0 Å². The lowest BCUT2D eigenvalue weighted by atomic mass is 10.2. The van der Waals surface area contributed by atoms with Gasteiger partial charge < -0.3 is 4.42 Å². The summed E-state index contributed by atoms with van der Waals surface area (Å²) in [5.74, 6) is -0.124. The van der Waals surface area contributed by atoms with Crippen molar-refractivity contribution in [3.05, 3.63) is 53.3 Å². The monoisotopic (exact) mass is 247 g/mol. The Bertz CT molecular complexity index is 693. The minimum Gasteiger partial charge on any atom is -0.434 e. The molecule has 0 bridgehead atoms. The molecule has 17 heavy (non-hydrogen) atoms. The maximum Gasteiger partial charge on any atom is 0.230 e. The number of oxazole rings is 1. The van der Waals surface area contributed by atoms with E-state index in [-0.39, 0.29) is 11.7 Å². The molecule has 84 valence electrons. The van der Waals surface area contributed by atoms with Crippen molar-refractivity contribution < 1.29 is 8.81 Å². The van der Waals surface area contributed by atoms with Crippen LogP contribution in [0.25, 0.3) is 22.6 Å². The SMILES string of the molecule is Fc1ccccc1-c1nc2cccc(Cl)c2o1. The van der Waals surface area contributed by atoms with Gasteiger partial charge in [0.15, 0.2) is 5.58 Å². The third-order valence-electron chi connectivity index (χ3n) is 2.47. The highest BCUT2D eigenvalue weighted by atomic mass is 35.5. The zero-order valence-corrected chi connectivity index (χ0v) is 9.41. The number of halogens is 2. The van der Waals surface area contributed by atoms with Crippen LogP contribution >= 0.6 is 11.6 Å². The molecule has 0 aliphatic rings. The summed E-state index contributed by atoms with van der Waals surface area (Å²) in [4.78, 5) is 4.21. The second-order valence-electron chi connectivity index (χ2n) is 3.59. The predicted molar refractivity (Wildman–Crippen MR) is 64.4 cm³/mol. The molecule has 3 rings (SSSR count). The van der Waals surface area contributed by atoms with Crippen molar-refractivity contribution in [2.75, 3.05) is 0 Å². The number of nitrogens with zero attached hydrogens (tertiary/aromatic N) is 1. The Kier molecular flexibility index (Phi) is 2.34. The molecule has 0 radical (unpaired) electrons. The van der Waals surface area contributed by atoms with E-state index >= 15 is 0 Å². The largest absolute Gasteiger partial charge is 0.434 e. The van der Waals surface area contributed by atoms with Gasteiger partial charge in [0, 0.05) is 0 Å². The Morgan fingerprint density at radius 2 is 1.88 bits per heavy atom. The summed E-state index contributed by atoms with van der Waals surface area (Å²) < 4.78 is 19.1. The minimum atomic E-state index is -0.366. The molecule has 0 amide bonds. The summed E-state index contributed by atoms with van der Waals surface area (Å²) in [5.41, 5.74) is 1.43. The summed E-state index contributed by atoms with van der Waals surface area (Å²) in [5, 5.41) is 0.470. The average molecular weight is 248 g/mol. The molecule has 0 fully saturated rings. The molecule has 0 aliphatic carbocycles. The molecule has 0 saturated heterocycles. The third kappa shape index (κ3) is 1.68. The molecular formula is C13H7ClFNO. The molecule has 0 aliphatic heterocycles. The van der Waals surface area contributed by atoms with Gasteiger partial charge in [-0.15, -0.1) is 0 Å². The Balaban J connectivity index is 2.26. The van der Waals surface area contributed by atoms with Gasteiger partial charge >= 0.3 is 0 Å². The quantitative estimate of drug-likeness (QED) is 0.641. The first-order chi connectivity index (χ1) is 8.25. The van der Waals surface area contributed by atoms with E-state index in [0.29, 0.717) is 21.7 Å². The van der Waals surface area contributed by atoms with Crippen molar-refractivity contribution in [1.82, 2.24) is 4.98 Å². The Morgan fingerprint density at radius 1 is 1.06 bits per heavy atom. The number of hydrogen-bond donors (Lipinski definition) is 0. The molecular weight excluding hydrogens is 241 g/mol. The molecule has 2 nitrogen and oxygen atoms in total. The maximum absolute atomic E-state index is 13.6. The van der Waals surface area contributed by atoms with Gasteiger partial charge in [-0.3, -0.25) is 0 Å². The van der Waals surface area contributed by atoms with Crippen LogP contribution in [0.1, 0.15) is 0 Å². The lowest BCUT2D eigenvalue weighted by molar-refractivity contribution is 0.593. The Labute approximate surface area is 102 Å². The molecule has 0 N–H and O–H groups in total. The van der Waals surface area contributed by atoms with E-state index in [2.05, 4.69) is 4.98 Å². The number of fused-ring (bicyclic) bond motifs is 1. The minimum absolute atomic E-state index is 0.242. The van der Waals surface area contributed by atoms with Crippen molar-refractivity contribution in [1.29, 1.82) is 0 Å². The second-order valence-corrected chi connectivity index (χ2v) is 3.99. The fourth-order valence-electron chi connectivity index (χ4n) is 1.67. The first kappa shape index (κ1) is 10.3. The number of benzene rings is 2. The van der Waals surface area contributed by atoms with Gasteiger partial charge in [-0.25, -0.2) is 9.37 Å². The van der Waals surface area contributed by atoms with Crippen LogP contribution in [0.15, 0.2) is 46.9 Å². The summed E-state index contributed by atoms with van der Waals surface area (Å²) in [6, 6.07) is 11.6. The average Bonchev–Trinajstić information content (AvgIpc) is 2.75. The van der Waals surface area contributed by atoms with E-state index in [0.717, 1.165) is 0 Å². The molecule has 2 aromatic carbocycles. The topological polar surface area (TPSA) is 26.0 Å². The van der Waals surface area contributed by atoms with E-state index in [1.807, 2.05) is 0 Å². The molecule has 0 spiro atoms. The van der Waals surface area contributed by atoms with Crippen molar-refractivity contribution in [2.45, 2.75) is 0 Å². The summed E-state index contributed by atoms with van der Waals surface area (Å²) in [7, 11) is 0. The van der Waals surface area contributed by atoms with Gasteiger partial charge in [0.1, 0.15) is 11.3 Å². The molecule has 0 unspecified atom stereocenters. The van der Waals surface area contributed by atoms with Gasteiger partial charge in [0.2, 0.25) is 5.89 Å². The van der Waals surface area contributed by atoms with E-state index in [4.69, 9.17) is 16.0 Å². The first-order valence-electron chi connectivity index (χ1n) is 5.05. The van der Waals surface area contributed by atoms with E-state index in [1.54, 1.807) is 36.4 Å². The van der Waals surface area contributed by atoms with Gasteiger partial charge in [-0.05, 0) is 24.3 Å². The van der Waals surface area contributed by atoms with Crippen LogP contribution in [0.3, 0.4) is 0 Å². The van der Waals surface area contributed by atoms with Gasteiger partial charge in [-0.1, -0.05) is 29.8 Å². The van der Waals surface area contributed by atoms with Crippen LogP contribution in [-0.2, 0) is 0 Å². The van der Waals surface area contributed by atoms with Crippen LogP contribution in [0.2, 0.25) is 5.02 Å². The molecule has 1 aromatic heterocycles. The highest BCUT2D eigenvalue weighted by Crippen LogP contribution is 2.29. The maximum atomic E-state index is 13.6. The molecule has 0 atom stereocenters. The molecule has 3 aromatic rings. The van der Waals surface area contributed by atoms with Crippen molar-refractivity contribution >= 4 is 22.7 Å². The standard InChI is InChI=1S/C13H7ClFNO/c14-9-5-3-7-11-12(9)17-13(16-11)8-4-1-2-6-10(8)15/h1-7H. The van der Waals surface area contributed by atoms with Gasteiger partial charge in [0.05, 0.1) is 10.6 Å². The van der Waals surface area contributed by atoms with Crippen LogP contribution in [0.5, 0.6) is 0 Å². The molecule has 1 heterocycles. The van der Waals surface area contributed by atoms with Crippen LogP contribution in [0.4, 0.5) is 4.39 Å². The predicted octanol–water partition coefficient (Wildman–Crippen LogP) is 4.29. The highest BCUT2D eigenvalue weighted by molar-refractivity contribution is 6.34. The van der Waals surface area contributed by atoms with Crippen molar-refractivity contribution in [2.24, 2.45) is 0 Å². The molecule has 4 heteroatoms. The summed E-state index contributed by atoms with van der Waals surface area (Å²) in [6.07, 6.45) is 0. The number of hydrogen-bond acceptors (Lipinski definition) is 2. The smallest absolute Gasteiger partial charge is 0.230 e. The number of aromatic nitrogens is 1. The van der Waals surface area contributed by atoms with Crippen LogP contribution in [-0.4, -0.2) is 4.98 Å². The second kappa shape index (κ2) is 3.86. The third-order valence-corrected chi connectivity index (χ3v) is 2.77. The lowest BCUT2D eigenvalue weighted by Gasteiger charge is -1.95. The summed E-state index contributed by atoms with van der Waals surface area (Å²) in [6.45, 7) is 0. The van der Waals surface area contributed by atoms with E-state index in [9.17, 15) is 4.39 Å². The van der Waals surface area contributed by atoms with Gasteiger partial charge in [-0.2, -0.15) is 0 Å². The number of rotatable bonds is 1. The fraction of sp³-hybridized carbons (Fsp3) is 0. The van der Waals surface area contributed by atoms with Crippen LogP contribution in [0, 0.1) is 5.82 Å². The van der Waals surface area contributed by atoms with E-state index < -0.39 is 0 Å². The fourth-order valence-corrected chi connectivity index (χ4v) is 1.87. The van der Waals surface area contributed by atoms with Crippen molar-refractivity contribution in [3.63, 3.8) is 0 Å². The highest BCUT2D eigenvalue weighted by Gasteiger charge is 2.13. The lowest BCUT2D eigenvalue weighted by Crippen LogP contribution is -1.82. The van der Waals surface area contributed by atoms with E-state index in [1.165, 1.54) is 6.07 Å². The Hall–Kier alpha value is -1.87. The summed E-state index contributed by atoms with van der Waals surface area (Å²) >= 11 is 5.97.